The minimum Gasteiger partial charge on any atom is -0.494 e. The molecule has 0 unspecified atom stereocenters. The Morgan fingerprint density at radius 3 is 2.67 bits per heavy atom. The molecule has 158 valence electrons. The van der Waals surface area contributed by atoms with Gasteiger partial charge in [0.1, 0.15) is 11.6 Å². The van der Waals surface area contributed by atoms with Crippen LogP contribution in [-0.2, 0) is 11.2 Å². The highest BCUT2D eigenvalue weighted by molar-refractivity contribution is 5.84. The number of rotatable bonds is 6. The third kappa shape index (κ3) is 4.13. The normalized spacial score (nSPS) is 14.8. The predicted octanol–water partition coefficient (Wildman–Crippen LogP) is 4.31. The summed E-state index contributed by atoms with van der Waals surface area (Å²) in [6, 6.07) is 13.8. The van der Waals surface area contributed by atoms with Crippen LogP contribution in [0.25, 0.3) is 10.9 Å². The average Bonchev–Trinajstić information content (AvgIpc) is 3.17. The minimum atomic E-state index is -0.232. The molecule has 0 atom stereocenters. The van der Waals surface area contributed by atoms with Crippen LogP contribution in [-0.4, -0.2) is 37.2 Å². The first-order valence-corrected chi connectivity index (χ1v) is 10.6. The number of aromatic nitrogens is 1. The molecule has 1 aliphatic rings. The molecule has 1 amide bonds. The number of halogens is 1. The molecule has 5 nitrogen and oxygen atoms in total. The Balaban J connectivity index is 1.48. The molecule has 1 N–H and O–H groups in total. The Labute approximate surface area is 176 Å². The van der Waals surface area contributed by atoms with E-state index in [2.05, 4.69) is 39.2 Å². The van der Waals surface area contributed by atoms with Crippen molar-refractivity contribution < 1.29 is 13.9 Å². The van der Waals surface area contributed by atoms with Gasteiger partial charge in [-0.25, -0.2) is 4.39 Å². The fraction of sp³-hybridized carbons (Fsp3) is 0.375. The first-order valence-electron chi connectivity index (χ1n) is 10.6. The highest BCUT2D eigenvalue weighted by Gasteiger charge is 2.23. The van der Waals surface area contributed by atoms with Gasteiger partial charge in [0.05, 0.1) is 18.7 Å². The fourth-order valence-corrected chi connectivity index (χ4v) is 4.28. The lowest BCUT2D eigenvalue weighted by Gasteiger charge is -2.35. The fourth-order valence-electron chi connectivity index (χ4n) is 4.28. The van der Waals surface area contributed by atoms with E-state index >= 15 is 0 Å². The predicted molar refractivity (Wildman–Crippen MR) is 118 cm³/mol. The van der Waals surface area contributed by atoms with Crippen LogP contribution in [0.3, 0.4) is 0 Å². The molecule has 0 bridgehead atoms. The van der Waals surface area contributed by atoms with Crippen molar-refractivity contribution in [1.82, 2.24) is 9.88 Å². The number of benzene rings is 2. The van der Waals surface area contributed by atoms with Gasteiger partial charge in [-0.2, -0.15) is 0 Å². The van der Waals surface area contributed by atoms with Gasteiger partial charge in [0, 0.05) is 44.0 Å². The van der Waals surface area contributed by atoms with E-state index in [9.17, 15) is 9.18 Å². The van der Waals surface area contributed by atoms with Crippen LogP contribution in [0, 0.1) is 5.82 Å². The molecule has 1 aliphatic heterocycles. The van der Waals surface area contributed by atoms with Gasteiger partial charge in [-0.15, -0.1) is 0 Å². The Bertz CT molecular complexity index is 1040. The first kappa shape index (κ1) is 20.3. The first-order chi connectivity index (χ1) is 14.6. The number of anilines is 1. The molecule has 1 aromatic heterocycles. The van der Waals surface area contributed by atoms with E-state index < -0.39 is 0 Å². The van der Waals surface area contributed by atoms with Crippen molar-refractivity contribution in [2.45, 2.75) is 32.2 Å². The summed E-state index contributed by atoms with van der Waals surface area (Å²) >= 11 is 0. The highest BCUT2D eigenvalue weighted by Crippen LogP contribution is 2.32. The molecule has 0 spiro atoms. The van der Waals surface area contributed by atoms with Gasteiger partial charge in [0.2, 0.25) is 5.91 Å². The SMILES string of the molecule is CCOc1ccc(N2CCC(n3ccc4ccc(CC(=O)NC)cc43)CC2)c(F)c1. The zero-order chi connectivity index (χ0) is 21.1. The van der Waals surface area contributed by atoms with Crippen molar-refractivity contribution in [3.8, 4) is 5.75 Å². The van der Waals surface area contributed by atoms with Crippen LogP contribution in [0.15, 0.2) is 48.7 Å². The Morgan fingerprint density at radius 2 is 1.97 bits per heavy atom. The molecule has 2 aromatic carbocycles. The number of nitrogens with zero attached hydrogens (tertiary/aromatic N) is 2. The Kier molecular flexibility index (Phi) is 5.93. The van der Waals surface area contributed by atoms with Crippen LogP contribution in [0.5, 0.6) is 5.75 Å². The summed E-state index contributed by atoms with van der Waals surface area (Å²) in [5, 5.41) is 3.86. The molecule has 0 aliphatic carbocycles. The molecular weight excluding hydrogens is 381 g/mol. The molecule has 1 saturated heterocycles. The summed E-state index contributed by atoms with van der Waals surface area (Å²) in [6.07, 6.45) is 4.39. The van der Waals surface area contributed by atoms with E-state index in [0.29, 0.717) is 30.5 Å². The van der Waals surface area contributed by atoms with Gasteiger partial charge < -0.3 is 19.5 Å². The molecular formula is C24H28FN3O2. The molecule has 4 rings (SSSR count). The zero-order valence-electron chi connectivity index (χ0n) is 17.5. The topological polar surface area (TPSA) is 46.5 Å². The summed E-state index contributed by atoms with van der Waals surface area (Å²) < 4.78 is 22.3. The molecule has 6 heteroatoms. The summed E-state index contributed by atoms with van der Waals surface area (Å²) in [7, 11) is 1.66. The molecule has 2 heterocycles. The summed E-state index contributed by atoms with van der Waals surface area (Å²) in [5.74, 6) is 0.350. The number of nitrogens with one attached hydrogen (secondary N) is 1. The molecule has 30 heavy (non-hydrogen) atoms. The number of carbonyl (C=O) groups is 1. The maximum Gasteiger partial charge on any atom is 0.224 e. The molecule has 0 radical (unpaired) electrons. The van der Waals surface area contributed by atoms with Gasteiger partial charge in [0.15, 0.2) is 0 Å². The van der Waals surface area contributed by atoms with Crippen molar-refractivity contribution in [2.24, 2.45) is 0 Å². The van der Waals surface area contributed by atoms with E-state index in [1.54, 1.807) is 7.05 Å². The van der Waals surface area contributed by atoms with Crippen molar-refractivity contribution in [1.29, 1.82) is 0 Å². The minimum absolute atomic E-state index is 0.0122. The van der Waals surface area contributed by atoms with Crippen LogP contribution in [0.1, 0.15) is 31.4 Å². The van der Waals surface area contributed by atoms with Crippen LogP contribution < -0.4 is 15.0 Å². The zero-order valence-corrected chi connectivity index (χ0v) is 17.5. The number of amides is 1. The monoisotopic (exact) mass is 409 g/mol. The maximum absolute atomic E-state index is 14.6. The Hall–Kier alpha value is -3.02. The average molecular weight is 410 g/mol. The van der Waals surface area contributed by atoms with Crippen LogP contribution in [0.4, 0.5) is 10.1 Å². The van der Waals surface area contributed by atoms with E-state index in [1.807, 2.05) is 25.1 Å². The lowest BCUT2D eigenvalue weighted by Crippen LogP contribution is -2.35. The second kappa shape index (κ2) is 8.78. The number of likely N-dealkylation sites (N-methyl/N-ethyl adjacent to an activating group) is 1. The highest BCUT2D eigenvalue weighted by atomic mass is 19.1. The maximum atomic E-state index is 14.6. The van der Waals surface area contributed by atoms with Gasteiger partial charge in [-0.3, -0.25) is 4.79 Å². The van der Waals surface area contributed by atoms with Gasteiger partial charge >= 0.3 is 0 Å². The van der Waals surface area contributed by atoms with Crippen LogP contribution in [0.2, 0.25) is 0 Å². The second-order valence-corrected chi connectivity index (χ2v) is 7.73. The van der Waals surface area contributed by atoms with E-state index in [1.165, 1.54) is 11.5 Å². The van der Waals surface area contributed by atoms with Crippen molar-refractivity contribution in [3.63, 3.8) is 0 Å². The van der Waals surface area contributed by atoms with Crippen molar-refractivity contribution in [3.05, 3.63) is 60.0 Å². The second-order valence-electron chi connectivity index (χ2n) is 7.73. The third-order valence-electron chi connectivity index (χ3n) is 5.86. The van der Waals surface area contributed by atoms with Gasteiger partial charge in [-0.1, -0.05) is 12.1 Å². The number of hydrogen-bond acceptors (Lipinski definition) is 3. The van der Waals surface area contributed by atoms with E-state index in [4.69, 9.17) is 4.74 Å². The summed E-state index contributed by atoms with van der Waals surface area (Å²) in [5.41, 5.74) is 2.81. The number of fused-ring (bicyclic) bond motifs is 1. The quantitative estimate of drug-likeness (QED) is 0.660. The van der Waals surface area contributed by atoms with Gasteiger partial charge in [0.25, 0.3) is 0 Å². The molecule has 3 aromatic rings. The number of carbonyl (C=O) groups excluding carboxylic acids is 1. The largest absolute Gasteiger partial charge is 0.494 e. The number of hydrogen-bond donors (Lipinski definition) is 1. The lowest BCUT2D eigenvalue weighted by molar-refractivity contribution is -0.119. The van der Waals surface area contributed by atoms with Crippen molar-refractivity contribution >= 4 is 22.5 Å². The number of ether oxygens (including phenoxy) is 1. The van der Waals surface area contributed by atoms with E-state index in [0.717, 1.165) is 37.0 Å². The van der Waals surface area contributed by atoms with Crippen LogP contribution >= 0.6 is 0 Å². The number of piperidine rings is 1. The van der Waals surface area contributed by atoms with E-state index in [-0.39, 0.29) is 11.7 Å². The summed E-state index contributed by atoms with van der Waals surface area (Å²) in [4.78, 5) is 13.9. The Morgan fingerprint density at radius 1 is 1.17 bits per heavy atom. The molecule has 1 fully saturated rings. The standard InChI is InChI=1S/C24H28FN3O2/c1-3-30-20-6-7-22(21(25)16-20)27-11-9-19(10-12-27)28-13-8-18-5-4-17(14-23(18)28)15-24(29)26-2/h4-8,13-14,16,19H,3,9-12,15H2,1-2H3,(H,26,29). The third-order valence-corrected chi connectivity index (χ3v) is 5.86. The van der Waals surface area contributed by atoms with Crippen molar-refractivity contribution in [2.75, 3.05) is 31.6 Å². The lowest BCUT2D eigenvalue weighted by atomic mass is 10.0. The smallest absolute Gasteiger partial charge is 0.224 e. The summed E-state index contributed by atoms with van der Waals surface area (Å²) in [6.45, 7) is 4.02. The molecule has 0 saturated carbocycles. The van der Waals surface area contributed by atoms with Gasteiger partial charge in [-0.05, 0) is 55.0 Å².